The molecule has 2 atom stereocenters. The summed E-state index contributed by atoms with van der Waals surface area (Å²) in [5.41, 5.74) is 0.176. The highest BCUT2D eigenvalue weighted by molar-refractivity contribution is 5.60. The Labute approximate surface area is 127 Å². The van der Waals surface area contributed by atoms with Crippen LogP contribution in [0.1, 0.15) is 13.3 Å². The summed E-state index contributed by atoms with van der Waals surface area (Å²) in [6.45, 7) is 3.17. The minimum absolute atomic E-state index is 0.0428. The molecule has 1 aromatic rings. The zero-order valence-corrected chi connectivity index (χ0v) is 12.7. The molecule has 0 amide bonds. The Bertz CT molecular complexity index is 528. The molecule has 0 aromatic heterocycles. The molecule has 22 heavy (non-hydrogen) atoms. The van der Waals surface area contributed by atoms with Gasteiger partial charge in [0.2, 0.25) is 5.82 Å². The Hall–Kier alpha value is -1.47. The molecule has 1 heterocycles. The number of benzene rings is 1. The Morgan fingerprint density at radius 3 is 2.68 bits per heavy atom. The molecule has 2 unspecified atom stereocenters. The summed E-state index contributed by atoms with van der Waals surface area (Å²) in [6, 6.07) is 0.896. The van der Waals surface area contributed by atoms with Crippen LogP contribution in [0.5, 0.6) is 5.75 Å². The van der Waals surface area contributed by atoms with E-state index in [2.05, 4.69) is 5.32 Å². The SMILES string of the molecule is CCOc1c(N(C)C2CNCC2CCO)cc(F)c(F)c1F. The first kappa shape index (κ1) is 16.9. The van der Waals surface area contributed by atoms with Gasteiger partial charge < -0.3 is 20.1 Å². The number of rotatable bonds is 6. The van der Waals surface area contributed by atoms with E-state index in [1.54, 1.807) is 18.9 Å². The first-order chi connectivity index (χ1) is 10.5. The normalized spacial score (nSPS) is 21.2. The maximum atomic E-state index is 14.0. The number of hydrogen-bond donors (Lipinski definition) is 2. The fourth-order valence-electron chi connectivity index (χ4n) is 2.92. The quantitative estimate of drug-likeness (QED) is 0.787. The molecule has 0 spiro atoms. The van der Waals surface area contributed by atoms with Gasteiger partial charge in [0.1, 0.15) is 0 Å². The van der Waals surface area contributed by atoms with Gasteiger partial charge in [0.15, 0.2) is 17.4 Å². The number of nitrogens with one attached hydrogen (secondary N) is 1. The first-order valence-electron chi connectivity index (χ1n) is 7.35. The second-order valence-corrected chi connectivity index (χ2v) is 5.38. The lowest BCUT2D eigenvalue weighted by Gasteiger charge is -2.32. The molecule has 1 aromatic carbocycles. The van der Waals surface area contributed by atoms with Crippen LogP contribution in [0.3, 0.4) is 0 Å². The van der Waals surface area contributed by atoms with E-state index < -0.39 is 17.5 Å². The van der Waals surface area contributed by atoms with Crippen molar-refractivity contribution in [2.75, 3.05) is 38.3 Å². The van der Waals surface area contributed by atoms with Gasteiger partial charge in [-0.05, 0) is 19.3 Å². The highest BCUT2D eigenvalue weighted by Crippen LogP contribution is 2.36. The third-order valence-corrected chi connectivity index (χ3v) is 4.07. The van der Waals surface area contributed by atoms with E-state index in [-0.39, 0.29) is 36.6 Å². The molecule has 1 aliphatic heterocycles. The zero-order valence-electron chi connectivity index (χ0n) is 12.7. The van der Waals surface area contributed by atoms with Gasteiger partial charge in [0, 0.05) is 38.9 Å². The maximum absolute atomic E-state index is 14.0. The summed E-state index contributed by atoms with van der Waals surface area (Å²) >= 11 is 0. The molecule has 1 aliphatic rings. The standard InChI is InChI=1S/C15H21F3N2O2/c1-3-22-15-11(6-10(16)13(17)14(15)18)20(2)12-8-19-7-9(12)4-5-21/h6,9,12,19,21H,3-5,7-8H2,1-2H3. The Morgan fingerprint density at radius 2 is 2.05 bits per heavy atom. The molecule has 1 fully saturated rings. The van der Waals surface area contributed by atoms with Gasteiger partial charge in [-0.1, -0.05) is 0 Å². The van der Waals surface area contributed by atoms with E-state index >= 15 is 0 Å². The van der Waals surface area contributed by atoms with Crippen LogP contribution < -0.4 is 15.0 Å². The Kier molecular flexibility index (Phi) is 5.52. The fourth-order valence-corrected chi connectivity index (χ4v) is 2.92. The van der Waals surface area contributed by atoms with Crippen molar-refractivity contribution in [2.24, 2.45) is 5.92 Å². The fraction of sp³-hybridized carbons (Fsp3) is 0.600. The molecule has 2 N–H and O–H groups in total. The summed E-state index contributed by atoms with van der Waals surface area (Å²) in [6.07, 6.45) is 0.581. The molecular formula is C15H21F3N2O2. The van der Waals surface area contributed by atoms with Gasteiger partial charge in [0.25, 0.3) is 0 Å². The van der Waals surface area contributed by atoms with Crippen molar-refractivity contribution in [1.82, 2.24) is 5.32 Å². The number of aliphatic hydroxyl groups is 1. The molecule has 0 saturated carbocycles. The van der Waals surface area contributed by atoms with Crippen molar-refractivity contribution in [3.63, 3.8) is 0 Å². The zero-order chi connectivity index (χ0) is 16.3. The van der Waals surface area contributed by atoms with Crippen molar-refractivity contribution in [3.05, 3.63) is 23.5 Å². The molecule has 0 radical (unpaired) electrons. The molecular weight excluding hydrogens is 297 g/mol. The van der Waals surface area contributed by atoms with Gasteiger partial charge >= 0.3 is 0 Å². The third-order valence-electron chi connectivity index (χ3n) is 4.07. The third kappa shape index (κ3) is 3.15. The van der Waals surface area contributed by atoms with Crippen LogP contribution in [0.15, 0.2) is 6.07 Å². The van der Waals surface area contributed by atoms with Crippen molar-refractivity contribution in [3.8, 4) is 5.75 Å². The second kappa shape index (κ2) is 7.19. The average molecular weight is 318 g/mol. The van der Waals surface area contributed by atoms with Crippen LogP contribution in [0.2, 0.25) is 0 Å². The lowest BCUT2D eigenvalue weighted by molar-refractivity contribution is 0.254. The van der Waals surface area contributed by atoms with Gasteiger partial charge in [-0.3, -0.25) is 0 Å². The molecule has 124 valence electrons. The summed E-state index contributed by atoms with van der Waals surface area (Å²) in [5, 5.41) is 12.3. The number of nitrogens with zero attached hydrogens (tertiary/aromatic N) is 1. The lowest BCUT2D eigenvalue weighted by Crippen LogP contribution is -2.38. The van der Waals surface area contributed by atoms with E-state index in [1.807, 2.05) is 0 Å². The number of hydrogen-bond acceptors (Lipinski definition) is 4. The number of halogens is 3. The summed E-state index contributed by atoms with van der Waals surface area (Å²) in [5.74, 6) is -4.22. The molecule has 4 nitrogen and oxygen atoms in total. The number of ether oxygens (including phenoxy) is 1. The smallest absolute Gasteiger partial charge is 0.205 e. The van der Waals surface area contributed by atoms with E-state index in [4.69, 9.17) is 9.84 Å². The number of anilines is 1. The van der Waals surface area contributed by atoms with Crippen molar-refractivity contribution >= 4 is 5.69 Å². The summed E-state index contributed by atoms with van der Waals surface area (Å²) in [4.78, 5) is 1.69. The van der Waals surface area contributed by atoms with Crippen molar-refractivity contribution in [2.45, 2.75) is 19.4 Å². The Balaban J connectivity index is 2.37. The largest absolute Gasteiger partial charge is 0.489 e. The van der Waals surface area contributed by atoms with Gasteiger partial charge in [-0.25, -0.2) is 8.78 Å². The van der Waals surface area contributed by atoms with Crippen molar-refractivity contribution in [1.29, 1.82) is 0 Å². The van der Waals surface area contributed by atoms with Crippen LogP contribution in [0.25, 0.3) is 0 Å². The highest BCUT2D eigenvalue weighted by atomic mass is 19.2. The van der Waals surface area contributed by atoms with Gasteiger partial charge in [0.05, 0.1) is 12.3 Å². The predicted octanol–water partition coefficient (Wildman–Crippen LogP) is 1.91. The minimum Gasteiger partial charge on any atom is -0.489 e. The molecule has 1 saturated heterocycles. The van der Waals surface area contributed by atoms with Crippen molar-refractivity contribution < 1.29 is 23.0 Å². The van der Waals surface area contributed by atoms with E-state index in [1.165, 1.54) is 0 Å². The van der Waals surface area contributed by atoms with Crippen LogP contribution in [-0.4, -0.2) is 44.5 Å². The molecule has 0 bridgehead atoms. The maximum Gasteiger partial charge on any atom is 0.205 e. The first-order valence-corrected chi connectivity index (χ1v) is 7.35. The van der Waals surface area contributed by atoms with Gasteiger partial charge in [-0.2, -0.15) is 4.39 Å². The van der Waals surface area contributed by atoms with Crippen LogP contribution >= 0.6 is 0 Å². The van der Waals surface area contributed by atoms with Gasteiger partial charge in [-0.15, -0.1) is 0 Å². The summed E-state index contributed by atoms with van der Waals surface area (Å²) < 4.78 is 46.2. The van der Waals surface area contributed by atoms with E-state index in [0.29, 0.717) is 19.5 Å². The van der Waals surface area contributed by atoms with E-state index in [9.17, 15) is 13.2 Å². The van der Waals surface area contributed by atoms with Crippen LogP contribution in [0.4, 0.5) is 18.9 Å². The van der Waals surface area contributed by atoms with Crippen LogP contribution in [0, 0.1) is 23.4 Å². The Morgan fingerprint density at radius 1 is 1.32 bits per heavy atom. The highest BCUT2D eigenvalue weighted by Gasteiger charge is 2.33. The minimum atomic E-state index is -1.53. The monoisotopic (exact) mass is 318 g/mol. The summed E-state index contributed by atoms with van der Waals surface area (Å²) in [7, 11) is 1.69. The number of likely N-dealkylation sites (N-methyl/N-ethyl adjacent to an activating group) is 1. The molecule has 7 heteroatoms. The van der Waals surface area contributed by atoms with E-state index in [0.717, 1.165) is 6.07 Å². The number of aliphatic hydroxyl groups excluding tert-OH is 1. The molecule has 0 aliphatic carbocycles. The average Bonchev–Trinajstić information content (AvgIpc) is 2.95. The van der Waals surface area contributed by atoms with Crippen LogP contribution in [-0.2, 0) is 0 Å². The predicted molar refractivity (Wildman–Crippen MR) is 77.7 cm³/mol. The lowest BCUT2D eigenvalue weighted by atomic mass is 9.98. The second-order valence-electron chi connectivity index (χ2n) is 5.38. The topological polar surface area (TPSA) is 44.7 Å². The molecule has 2 rings (SSSR count).